The third-order valence-electron chi connectivity index (χ3n) is 4.32. The molecule has 0 spiro atoms. The SMILES string of the molecule is O=C(NC[C@H](O)CNC1=CC=C(N2CCOCC2=O)CC1)c1ccc(Cl)s1. The van der Waals surface area contributed by atoms with Crippen molar-refractivity contribution in [3.05, 3.63) is 44.9 Å². The van der Waals surface area contributed by atoms with Crippen molar-refractivity contribution >= 4 is 34.8 Å². The van der Waals surface area contributed by atoms with Gasteiger partial charge in [-0.1, -0.05) is 11.6 Å². The highest BCUT2D eigenvalue weighted by atomic mass is 35.5. The number of ether oxygens (including phenoxy) is 1. The molecule has 3 N–H and O–H groups in total. The van der Waals surface area contributed by atoms with E-state index in [2.05, 4.69) is 10.6 Å². The Morgan fingerprint density at radius 1 is 1.33 bits per heavy atom. The van der Waals surface area contributed by atoms with Crippen molar-refractivity contribution in [1.29, 1.82) is 0 Å². The average Bonchev–Trinajstić information content (AvgIpc) is 3.12. The van der Waals surface area contributed by atoms with Crippen LogP contribution in [-0.2, 0) is 9.53 Å². The average molecular weight is 412 g/mol. The lowest BCUT2D eigenvalue weighted by Crippen LogP contribution is -2.41. The maximum Gasteiger partial charge on any atom is 0.261 e. The number of aliphatic hydroxyl groups is 1. The molecule has 0 aromatic carbocycles. The molecule has 2 amide bonds. The van der Waals surface area contributed by atoms with E-state index in [9.17, 15) is 14.7 Å². The van der Waals surface area contributed by atoms with Gasteiger partial charge in [0.15, 0.2) is 0 Å². The number of thiophene rings is 1. The van der Waals surface area contributed by atoms with Gasteiger partial charge in [-0.05, 0) is 37.1 Å². The number of halogens is 1. The molecule has 1 aliphatic carbocycles. The quantitative estimate of drug-likeness (QED) is 0.632. The molecule has 27 heavy (non-hydrogen) atoms. The minimum Gasteiger partial charge on any atom is -0.389 e. The van der Waals surface area contributed by atoms with Gasteiger partial charge in [0.25, 0.3) is 11.8 Å². The van der Waals surface area contributed by atoms with Crippen LogP contribution in [0, 0.1) is 0 Å². The van der Waals surface area contributed by atoms with Crippen LogP contribution in [0.2, 0.25) is 4.34 Å². The zero-order chi connectivity index (χ0) is 19.2. The van der Waals surface area contributed by atoms with Gasteiger partial charge in [-0.25, -0.2) is 0 Å². The summed E-state index contributed by atoms with van der Waals surface area (Å²) in [7, 11) is 0. The summed E-state index contributed by atoms with van der Waals surface area (Å²) in [6, 6.07) is 3.32. The van der Waals surface area contributed by atoms with Gasteiger partial charge in [0.05, 0.1) is 21.9 Å². The second-order valence-corrected chi connectivity index (χ2v) is 8.01. The second kappa shape index (κ2) is 9.36. The molecule has 1 atom stereocenters. The van der Waals surface area contributed by atoms with Crippen LogP contribution in [0.1, 0.15) is 22.5 Å². The number of rotatable bonds is 7. The zero-order valence-electron chi connectivity index (χ0n) is 14.7. The van der Waals surface area contributed by atoms with Crippen LogP contribution < -0.4 is 10.6 Å². The number of aliphatic hydroxyl groups excluding tert-OH is 1. The molecule has 1 aliphatic heterocycles. The van der Waals surface area contributed by atoms with E-state index in [4.69, 9.17) is 16.3 Å². The number of nitrogens with one attached hydrogen (secondary N) is 2. The van der Waals surface area contributed by atoms with Gasteiger partial charge in [0.2, 0.25) is 0 Å². The topological polar surface area (TPSA) is 90.9 Å². The Morgan fingerprint density at radius 2 is 2.19 bits per heavy atom. The minimum atomic E-state index is -0.712. The fraction of sp³-hybridized carbons (Fsp3) is 0.444. The van der Waals surface area contributed by atoms with E-state index in [1.54, 1.807) is 17.0 Å². The van der Waals surface area contributed by atoms with Crippen LogP contribution in [0.3, 0.4) is 0 Å². The Morgan fingerprint density at radius 3 is 2.85 bits per heavy atom. The van der Waals surface area contributed by atoms with Gasteiger partial charge < -0.3 is 25.4 Å². The molecule has 0 saturated carbocycles. The number of nitrogens with zero attached hydrogens (tertiary/aromatic N) is 1. The van der Waals surface area contributed by atoms with Gasteiger partial charge in [0.1, 0.15) is 6.61 Å². The highest BCUT2D eigenvalue weighted by Crippen LogP contribution is 2.22. The number of carbonyl (C=O) groups is 2. The van der Waals surface area contributed by atoms with Crippen molar-refractivity contribution in [3.8, 4) is 0 Å². The van der Waals surface area contributed by atoms with Crippen LogP contribution in [0.5, 0.6) is 0 Å². The first-order chi connectivity index (χ1) is 13.0. The number of hydrogen-bond donors (Lipinski definition) is 3. The number of amides is 2. The lowest BCUT2D eigenvalue weighted by Gasteiger charge is -2.30. The fourth-order valence-corrected chi connectivity index (χ4v) is 3.83. The molecule has 146 valence electrons. The fourth-order valence-electron chi connectivity index (χ4n) is 2.88. The highest BCUT2D eigenvalue weighted by Gasteiger charge is 2.23. The molecule has 0 bridgehead atoms. The van der Waals surface area contributed by atoms with Gasteiger partial charge in [0, 0.05) is 31.0 Å². The van der Waals surface area contributed by atoms with E-state index in [-0.39, 0.29) is 25.0 Å². The van der Waals surface area contributed by atoms with Gasteiger partial charge in [-0.15, -0.1) is 11.3 Å². The summed E-state index contributed by atoms with van der Waals surface area (Å²) in [5.41, 5.74) is 1.99. The summed E-state index contributed by atoms with van der Waals surface area (Å²) in [5.74, 6) is -0.249. The Labute approximate surface area is 166 Å². The maximum atomic E-state index is 11.9. The molecule has 0 unspecified atom stereocenters. The van der Waals surface area contributed by atoms with Crippen LogP contribution in [0.25, 0.3) is 0 Å². The monoisotopic (exact) mass is 411 g/mol. The van der Waals surface area contributed by atoms with E-state index in [0.717, 1.165) is 24.2 Å². The lowest BCUT2D eigenvalue weighted by atomic mass is 10.1. The van der Waals surface area contributed by atoms with Crippen molar-refractivity contribution in [2.24, 2.45) is 0 Å². The third kappa shape index (κ3) is 5.55. The van der Waals surface area contributed by atoms with Crippen molar-refractivity contribution in [1.82, 2.24) is 15.5 Å². The van der Waals surface area contributed by atoms with Crippen LogP contribution in [0.4, 0.5) is 0 Å². The molecule has 3 rings (SSSR count). The van der Waals surface area contributed by atoms with E-state index in [1.165, 1.54) is 11.3 Å². The molecule has 1 fully saturated rings. The molecule has 0 radical (unpaired) electrons. The standard InChI is InChI=1S/C18H22ClN3O4S/c19-16-6-5-15(27-16)18(25)21-10-14(23)9-20-12-1-3-13(4-2-12)22-7-8-26-11-17(22)24/h1,3,5-6,14,20,23H,2,4,7-11H2,(H,21,25)/t14-/m1/s1. The first-order valence-electron chi connectivity index (χ1n) is 8.76. The second-order valence-electron chi connectivity index (χ2n) is 6.30. The van der Waals surface area contributed by atoms with E-state index in [0.29, 0.717) is 28.9 Å². The van der Waals surface area contributed by atoms with Crippen molar-refractivity contribution in [2.45, 2.75) is 18.9 Å². The molecular formula is C18H22ClN3O4S. The van der Waals surface area contributed by atoms with E-state index in [1.807, 2.05) is 12.2 Å². The van der Waals surface area contributed by atoms with Gasteiger partial charge >= 0.3 is 0 Å². The molecule has 7 nitrogen and oxygen atoms in total. The van der Waals surface area contributed by atoms with Gasteiger partial charge in [-0.2, -0.15) is 0 Å². The minimum absolute atomic E-state index is 0.00417. The Bertz CT molecular complexity index is 762. The summed E-state index contributed by atoms with van der Waals surface area (Å²) >= 11 is 7.01. The largest absolute Gasteiger partial charge is 0.389 e. The van der Waals surface area contributed by atoms with E-state index >= 15 is 0 Å². The molecule has 9 heteroatoms. The molecular weight excluding hydrogens is 390 g/mol. The van der Waals surface area contributed by atoms with Crippen molar-refractivity contribution < 1.29 is 19.4 Å². The summed E-state index contributed by atoms with van der Waals surface area (Å²) in [6.07, 6.45) is 4.68. The van der Waals surface area contributed by atoms with E-state index < -0.39 is 6.10 Å². The number of carbonyl (C=O) groups excluding carboxylic acids is 2. The Balaban J connectivity index is 1.42. The zero-order valence-corrected chi connectivity index (χ0v) is 16.3. The van der Waals surface area contributed by atoms with Crippen molar-refractivity contribution in [2.75, 3.05) is 32.8 Å². The smallest absolute Gasteiger partial charge is 0.261 e. The number of hydrogen-bond acceptors (Lipinski definition) is 6. The first kappa shape index (κ1) is 19.9. The van der Waals surface area contributed by atoms with Crippen LogP contribution in [0.15, 0.2) is 35.7 Å². The lowest BCUT2D eigenvalue weighted by molar-refractivity contribution is -0.140. The summed E-state index contributed by atoms with van der Waals surface area (Å²) < 4.78 is 5.70. The summed E-state index contributed by atoms with van der Waals surface area (Å²) in [4.78, 5) is 26.1. The maximum absolute atomic E-state index is 11.9. The predicted molar refractivity (Wildman–Crippen MR) is 104 cm³/mol. The summed E-state index contributed by atoms with van der Waals surface area (Å²) in [6.45, 7) is 1.78. The van der Waals surface area contributed by atoms with Crippen LogP contribution in [-0.4, -0.2) is 60.8 Å². The molecule has 1 aromatic rings. The molecule has 1 aromatic heterocycles. The Kier molecular flexibility index (Phi) is 6.89. The number of allylic oxidation sites excluding steroid dienone is 4. The predicted octanol–water partition coefficient (Wildman–Crippen LogP) is 1.50. The Hall–Kier alpha value is -1.87. The van der Waals surface area contributed by atoms with Crippen LogP contribution >= 0.6 is 22.9 Å². The first-order valence-corrected chi connectivity index (χ1v) is 9.95. The molecule has 1 saturated heterocycles. The van der Waals surface area contributed by atoms with Crippen molar-refractivity contribution in [3.63, 3.8) is 0 Å². The van der Waals surface area contributed by atoms with Gasteiger partial charge in [-0.3, -0.25) is 9.59 Å². The highest BCUT2D eigenvalue weighted by molar-refractivity contribution is 7.17. The normalized spacial score (nSPS) is 18.6. The molecule has 2 heterocycles. The number of morpholine rings is 1. The molecule has 2 aliphatic rings. The summed E-state index contributed by atoms with van der Waals surface area (Å²) in [5, 5.41) is 15.9. The third-order valence-corrected chi connectivity index (χ3v) is 5.55.